The first-order chi connectivity index (χ1) is 8.49. The highest BCUT2D eigenvalue weighted by Crippen LogP contribution is 2.47. The Morgan fingerprint density at radius 2 is 2.06 bits per heavy atom. The number of nitrogens with two attached hydrogens (primary N) is 1. The molecular weight excluding hydrogens is 232 g/mol. The molecule has 2 aliphatic rings. The van der Waals surface area contributed by atoms with Crippen molar-refractivity contribution in [2.45, 2.75) is 51.1 Å². The molecule has 18 heavy (non-hydrogen) atoms. The molecule has 5 nitrogen and oxygen atoms in total. The van der Waals surface area contributed by atoms with E-state index >= 15 is 0 Å². The first kappa shape index (κ1) is 13.3. The number of rotatable bonds is 5. The second-order valence-electron chi connectivity index (χ2n) is 5.78. The molecule has 102 valence electrons. The fourth-order valence-electron chi connectivity index (χ4n) is 3.48. The van der Waals surface area contributed by atoms with E-state index in [2.05, 4.69) is 5.32 Å². The zero-order chi connectivity index (χ0) is 13.3. The zero-order valence-corrected chi connectivity index (χ0v) is 10.8. The third kappa shape index (κ3) is 2.66. The van der Waals surface area contributed by atoms with Gasteiger partial charge in [-0.2, -0.15) is 0 Å². The molecule has 0 aromatic carbocycles. The van der Waals surface area contributed by atoms with Crippen LogP contribution < -0.4 is 11.1 Å². The maximum atomic E-state index is 12.2. The lowest BCUT2D eigenvalue weighted by atomic mass is 9.84. The summed E-state index contributed by atoms with van der Waals surface area (Å²) in [5, 5.41) is 11.5. The smallest absolute Gasteiger partial charge is 0.303 e. The molecule has 4 N–H and O–H groups in total. The number of fused-ring (bicyclic) bond motifs is 2. The summed E-state index contributed by atoms with van der Waals surface area (Å²) in [6, 6.07) is -0.102. The summed E-state index contributed by atoms with van der Waals surface area (Å²) in [4.78, 5) is 22.6. The molecule has 2 bridgehead atoms. The van der Waals surface area contributed by atoms with Gasteiger partial charge in [-0.3, -0.25) is 9.59 Å². The van der Waals surface area contributed by atoms with E-state index in [9.17, 15) is 9.59 Å². The van der Waals surface area contributed by atoms with E-state index in [0.29, 0.717) is 18.3 Å². The number of hydrogen-bond donors (Lipinski definition) is 3. The molecule has 0 radical (unpaired) electrons. The van der Waals surface area contributed by atoms with E-state index in [4.69, 9.17) is 10.8 Å². The van der Waals surface area contributed by atoms with Gasteiger partial charge in [0, 0.05) is 18.5 Å². The summed E-state index contributed by atoms with van der Waals surface area (Å²) in [6.45, 7) is 1.85. The number of aliphatic carboxylic acids is 1. The molecule has 0 heterocycles. The van der Waals surface area contributed by atoms with Crippen LogP contribution in [0, 0.1) is 17.8 Å². The van der Waals surface area contributed by atoms with Gasteiger partial charge in [0.1, 0.15) is 0 Å². The lowest BCUT2D eigenvalue weighted by molar-refractivity contribution is -0.137. The molecular formula is C13H22N2O3. The summed E-state index contributed by atoms with van der Waals surface area (Å²) in [6.07, 6.45) is 3.91. The summed E-state index contributed by atoms with van der Waals surface area (Å²) in [5.41, 5.74) is 6.11. The van der Waals surface area contributed by atoms with Gasteiger partial charge in [0.25, 0.3) is 0 Å². The van der Waals surface area contributed by atoms with Gasteiger partial charge < -0.3 is 16.2 Å². The molecule has 5 atom stereocenters. The van der Waals surface area contributed by atoms with Crippen molar-refractivity contribution in [1.82, 2.24) is 5.32 Å². The first-order valence-electron chi connectivity index (χ1n) is 6.76. The van der Waals surface area contributed by atoms with E-state index in [1.54, 1.807) is 0 Å². The fraction of sp³-hybridized carbons (Fsp3) is 0.846. The van der Waals surface area contributed by atoms with E-state index in [1.807, 2.05) is 6.92 Å². The molecule has 1 amide bonds. The number of hydrogen-bond acceptors (Lipinski definition) is 3. The van der Waals surface area contributed by atoms with Crippen LogP contribution in [0.1, 0.15) is 39.0 Å². The van der Waals surface area contributed by atoms with E-state index in [-0.39, 0.29) is 30.3 Å². The topological polar surface area (TPSA) is 92.4 Å². The summed E-state index contributed by atoms with van der Waals surface area (Å²) in [5.74, 6) is 0.0908. The van der Waals surface area contributed by atoms with Crippen molar-refractivity contribution < 1.29 is 14.7 Å². The Bertz CT molecular complexity index is 343. The number of carbonyl (C=O) groups excluding carboxylic acids is 1. The molecule has 0 saturated heterocycles. The molecule has 2 rings (SSSR count). The van der Waals surface area contributed by atoms with Crippen LogP contribution in [0.15, 0.2) is 0 Å². The number of nitrogens with one attached hydrogen (secondary N) is 1. The van der Waals surface area contributed by atoms with Crippen molar-refractivity contribution in [1.29, 1.82) is 0 Å². The third-order valence-corrected chi connectivity index (χ3v) is 4.46. The molecule has 0 aromatic rings. The summed E-state index contributed by atoms with van der Waals surface area (Å²) < 4.78 is 0. The molecule has 0 aromatic heterocycles. The second-order valence-corrected chi connectivity index (χ2v) is 5.78. The number of amides is 1. The second kappa shape index (κ2) is 5.26. The molecule has 5 heteroatoms. The van der Waals surface area contributed by atoms with Gasteiger partial charge in [-0.05, 0) is 44.4 Å². The monoisotopic (exact) mass is 254 g/mol. The SMILES string of the molecule is CC(CCC(=O)O)NC(=O)C1C2CCC(C2)C1N. The Morgan fingerprint density at radius 1 is 1.39 bits per heavy atom. The first-order valence-corrected chi connectivity index (χ1v) is 6.76. The van der Waals surface area contributed by atoms with Crippen molar-refractivity contribution in [3.8, 4) is 0 Å². The van der Waals surface area contributed by atoms with Crippen molar-refractivity contribution in [2.24, 2.45) is 23.5 Å². The largest absolute Gasteiger partial charge is 0.481 e. The van der Waals surface area contributed by atoms with Gasteiger partial charge in [0.15, 0.2) is 0 Å². The predicted octanol–water partition coefficient (Wildman–Crippen LogP) is 0.729. The molecule has 2 fully saturated rings. The maximum Gasteiger partial charge on any atom is 0.303 e. The van der Waals surface area contributed by atoms with Crippen molar-refractivity contribution in [3.63, 3.8) is 0 Å². The molecule has 2 aliphatic carbocycles. The van der Waals surface area contributed by atoms with Crippen molar-refractivity contribution in [2.75, 3.05) is 0 Å². The Hall–Kier alpha value is -1.10. The van der Waals surface area contributed by atoms with Crippen LogP contribution in [-0.4, -0.2) is 29.1 Å². The van der Waals surface area contributed by atoms with E-state index < -0.39 is 5.97 Å². The van der Waals surface area contributed by atoms with Crippen LogP contribution in [0.2, 0.25) is 0 Å². The summed E-state index contributed by atoms with van der Waals surface area (Å²) in [7, 11) is 0. The van der Waals surface area contributed by atoms with Crippen molar-refractivity contribution in [3.05, 3.63) is 0 Å². The summed E-state index contributed by atoms with van der Waals surface area (Å²) >= 11 is 0. The van der Waals surface area contributed by atoms with Crippen LogP contribution in [-0.2, 0) is 9.59 Å². The van der Waals surface area contributed by atoms with Crippen LogP contribution in [0.3, 0.4) is 0 Å². The number of carbonyl (C=O) groups is 2. The molecule has 2 saturated carbocycles. The van der Waals surface area contributed by atoms with Gasteiger partial charge in [-0.15, -0.1) is 0 Å². The predicted molar refractivity (Wildman–Crippen MR) is 66.8 cm³/mol. The zero-order valence-electron chi connectivity index (χ0n) is 10.8. The minimum Gasteiger partial charge on any atom is -0.481 e. The Labute approximate surface area is 107 Å². The van der Waals surface area contributed by atoms with Crippen LogP contribution in [0.5, 0.6) is 0 Å². The third-order valence-electron chi connectivity index (χ3n) is 4.46. The standard InChI is InChI=1S/C13H22N2O3/c1-7(2-5-10(16)17)15-13(18)11-8-3-4-9(6-8)12(11)14/h7-9,11-12H,2-6,14H2,1H3,(H,15,18)(H,16,17). The van der Waals surface area contributed by atoms with Crippen molar-refractivity contribution >= 4 is 11.9 Å². The Kier molecular flexibility index (Phi) is 3.90. The van der Waals surface area contributed by atoms with E-state index in [0.717, 1.165) is 19.3 Å². The maximum absolute atomic E-state index is 12.2. The minimum atomic E-state index is -0.826. The van der Waals surface area contributed by atoms with Gasteiger partial charge in [0.2, 0.25) is 5.91 Å². The van der Waals surface area contributed by atoms with Gasteiger partial charge >= 0.3 is 5.97 Å². The Morgan fingerprint density at radius 3 is 2.61 bits per heavy atom. The van der Waals surface area contributed by atoms with Crippen LogP contribution >= 0.6 is 0 Å². The molecule has 5 unspecified atom stereocenters. The number of carboxylic acid groups (broad SMARTS) is 1. The Balaban J connectivity index is 1.83. The quantitative estimate of drug-likeness (QED) is 0.674. The minimum absolute atomic E-state index is 0.00424. The number of carboxylic acids is 1. The van der Waals surface area contributed by atoms with Gasteiger partial charge in [-0.25, -0.2) is 0 Å². The van der Waals surface area contributed by atoms with Gasteiger partial charge in [0.05, 0.1) is 5.92 Å². The lowest BCUT2D eigenvalue weighted by Gasteiger charge is -2.28. The van der Waals surface area contributed by atoms with Crippen LogP contribution in [0.4, 0.5) is 0 Å². The molecule has 0 spiro atoms. The normalized spacial score (nSPS) is 35.4. The van der Waals surface area contributed by atoms with Gasteiger partial charge in [-0.1, -0.05) is 0 Å². The van der Waals surface area contributed by atoms with E-state index in [1.165, 1.54) is 0 Å². The average molecular weight is 254 g/mol. The lowest BCUT2D eigenvalue weighted by Crippen LogP contribution is -2.47. The highest BCUT2D eigenvalue weighted by Gasteiger charge is 2.49. The molecule has 0 aliphatic heterocycles. The highest BCUT2D eigenvalue weighted by molar-refractivity contribution is 5.80. The average Bonchev–Trinajstić information content (AvgIpc) is 2.86. The van der Waals surface area contributed by atoms with Crippen LogP contribution in [0.25, 0.3) is 0 Å². The highest BCUT2D eigenvalue weighted by atomic mass is 16.4. The fourth-order valence-corrected chi connectivity index (χ4v) is 3.48.